The highest BCUT2D eigenvalue weighted by Crippen LogP contribution is 2.37. The molecule has 3 aromatic carbocycles. The first-order valence-corrected chi connectivity index (χ1v) is 11.4. The molecule has 0 bridgehead atoms. The topological polar surface area (TPSA) is 72.5 Å². The summed E-state index contributed by atoms with van der Waals surface area (Å²) in [4.78, 5) is 12.8. The Morgan fingerprint density at radius 3 is 2.43 bits per heavy atom. The average Bonchev–Trinajstić information content (AvgIpc) is 3.11. The maximum Gasteiger partial charge on any atom is 0.228 e. The van der Waals surface area contributed by atoms with Crippen LogP contribution in [-0.4, -0.2) is 27.2 Å². The van der Waals surface area contributed by atoms with Gasteiger partial charge in [0.05, 0.1) is 17.8 Å². The molecule has 154 valence electrons. The molecule has 0 aromatic heterocycles. The van der Waals surface area contributed by atoms with Gasteiger partial charge in [-0.1, -0.05) is 37.3 Å². The van der Waals surface area contributed by atoms with Gasteiger partial charge in [0.2, 0.25) is 5.91 Å². The van der Waals surface area contributed by atoms with Gasteiger partial charge in [0.1, 0.15) is 5.75 Å². The van der Waals surface area contributed by atoms with Crippen molar-refractivity contribution in [1.29, 1.82) is 0 Å². The van der Waals surface area contributed by atoms with E-state index in [1.807, 2.05) is 30.3 Å². The molecule has 1 amide bonds. The van der Waals surface area contributed by atoms with Gasteiger partial charge in [-0.2, -0.15) is 0 Å². The minimum Gasteiger partial charge on any atom is -0.497 e. The molecule has 3 aromatic rings. The van der Waals surface area contributed by atoms with Gasteiger partial charge in [-0.15, -0.1) is 0 Å². The second kappa shape index (κ2) is 7.95. The number of fused-ring (bicyclic) bond motifs is 3. The van der Waals surface area contributed by atoms with Crippen molar-refractivity contribution in [2.45, 2.75) is 18.2 Å². The lowest BCUT2D eigenvalue weighted by molar-refractivity contribution is -0.118. The fourth-order valence-electron chi connectivity index (χ4n) is 3.77. The van der Waals surface area contributed by atoms with Gasteiger partial charge in [0, 0.05) is 11.6 Å². The number of carbonyl (C=O) groups excluding carboxylic acids is 1. The molecule has 0 aliphatic heterocycles. The van der Waals surface area contributed by atoms with Gasteiger partial charge in [0.25, 0.3) is 0 Å². The molecule has 5 nitrogen and oxygen atoms in total. The summed E-state index contributed by atoms with van der Waals surface area (Å²) in [6.45, 7) is 1.62. The summed E-state index contributed by atoms with van der Waals surface area (Å²) in [6.07, 6.45) is 0.830. The van der Waals surface area contributed by atoms with Crippen molar-refractivity contribution < 1.29 is 17.9 Å². The molecule has 1 atom stereocenters. The number of nitrogens with one attached hydrogen (secondary N) is 1. The number of sulfone groups is 1. The summed E-state index contributed by atoms with van der Waals surface area (Å²) in [5, 5.41) is 2.87. The molecule has 1 aliphatic rings. The molecule has 0 saturated carbocycles. The zero-order valence-electron chi connectivity index (χ0n) is 16.9. The number of methoxy groups -OCH3 is 1. The number of ether oxygens (including phenoxy) is 1. The first-order chi connectivity index (χ1) is 14.4. The normalized spacial score (nSPS) is 13.3. The van der Waals surface area contributed by atoms with E-state index in [9.17, 15) is 13.2 Å². The smallest absolute Gasteiger partial charge is 0.228 e. The Morgan fingerprint density at radius 1 is 1.00 bits per heavy atom. The van der Waals surface area contributed by atoms with Crippen LogP contribution in [0, 0.1) is 5.92 Å². The summed E-state index contributed by atoms with van der Waals surface area (Å²) < 4.78 is 30.4. The van der Waals surface area contributed by atoms with Crippen molar-refractivity contribution in [2.24, 2.45) is 5.92 Å². The molecule has 1 N–H and O–H groups in total. The van der Waals surface area contributed by atoms with Crippen molar-refractivity contribution in [3.63, 3.8) is 0 Å². The molecule has 0 saturated heterocycles. The standard InChI is InChI=1S/C24H23NO4S/c1-16(15-30(27,28)21-10-8-20(29-2)9-11-21)24(26)25-19-7-12-23-18(14-19)13-17-5-3-4-6-22(17)23/h3-12,14,16H,13,15H2,1-2H3,(H,25,26). The Kier molecular flexibility index (Phi) is 5.35. The van der Waals surface area contributed by atoms with Crippen LogP contribution in [0.2, 0.25) is 0 Å². The van der Waals surface area contributed by atoms with Crippen LogP contribution in [0.5, 0.6) is 5.75 Å². The number of hydrogen-bond acceptors (Lipinski definition) is 4. The van der Waals surface area contributed by atoms with Gasteiger partial charge in [0.15, 0.2) is 9.84 Å². The summed E-state index contributed by atoms with van der Waals surface area (Å²) in [6, 6.07) is 20.3. The van der Waals surface area contributed by atoms with Crippen LogP contribution in [0.3, 0.4) is 0 Å². The van der Waals surface area contributed by atoms with Gasteiger partial charge in [-0.3, -0.25) is 4.79 Å². The molecule has 30 heavy (non-hydrogen) atoms. The van der Waals surface area contributed by atoms with E-state index in [-0.39, 0.29) is 16.6 Å². The molecule has 6 heteroatoms. The predicted octanol–water partition coefficient (Wildman–Crippen LogP) is 4.31. The molecule has 1 aliphatic carbocycles. The van der Waals surface area contributed by atoms with Crippen molar-refractivity contribution in [3.05, 3.63) is 77.9 Å². The van der Waals surface area contributed by atoms with E-state index in [1.165, 1.54) is 35.9 Å². The Morgan fingerprint density at radius 2 is 1.70 bits per heavy atom. The van der Waals surface area contributed by atoms with Gasteiger partial charge in [-0.25, -0.2) is 8.42 Å². The van der Waals surface area contributed by atoms with E-state index in [0.29, 0.717) is 11.4 Å². The van der Waals surface area contributed by atoms with E-state index in [4.69, 9.17) is 4.74 Å². The highest BCUT2D eigenvalue weighted by molar-refractivity contribution is 7.91. The second-order valence-corrected chi connectivity index (χ2v) is 9.59. The number of rotatable bonds is 6. The third kappa shape index (κ3) is 3.96. The van der Waals surface area contributed by atoms with Crippen LogP contribution in [0.25, 0.3) is 11.1 Å². The first kappa shape index (κ1) is 20.2. The lowest BCUT2D eigenvalue weighted by Gasteiger charge is -2.14. The fourth-order valence-corrected chi connectivity index (χ4v) is 5.33. The number of anilines is 1. The highest BCUT2D eigenvalue weighted by atomic mass is 32.2. The van der Waals surface area contributed by atoms with Crippen molar-refractivity contribution in [1.82, 2.24) is 0 Å². The average molecular weight is 422 g/mol. The van der Waals surface area contributed by atoms with Gasteiger partial charge >= 0.3 is 0 Å². The maximum absolute atomic E-state index is 12.7. The van der Waals surface area contributed by atoms with Crippen LogP contribution in [0.4, 0.5) is 5.69 Å². The predicted molar refractivity (Wildman–Crippen MR) is 118 cm³/mol. The maximum atomic E-state index is 12.7. The number of carbonyl (C=O) groups is 1. The fraction of sp³-hybridized carbons (Fsp3) is 0.208. The highest BCUT2D eigenvalue weighted by Gasteiger charge is 2.24. The Bertz CT molecular complexity index is 1200. The molecular formula is C24H23NO4S. The van der Waals surface area contributed by atoms with E-state index < -0.39 is 15.8 Å². The lowest BCUT2D eigenvalue weighted by atomic mass is 10.1. The number of hydrogen-bond donors (Lipinski definition) is 1. The molecule has 0 radical (unpaired) electrons. The van der Waals surface area contributed by atoms with Crippen LogP contribution in [0.1, 0.15) is 18.1 Å². The second-order valence-electron chi connectivity index (χ2n) is 7.55. The third-order valence-corrected chi connectivity index (χ3v) is 7.33. The Hall–Kier alpha value is -3.12. The van der Waals surface area contributed by atoms with E-state index in [0.717, 1.165) is 12.0 Å². The third-order valence-electron chi connectivity index (χ3n) is 5.40. The van der Waals surface area contributed by atoms with E-state index in [2.05, 4.69) is 17.4 Å². The molecule has 0 spiro atoms. The minimum absolute atomic E-state index is 0.179. The monoisotopic (exact) mass is 421 g/mol. The zero-order chi connectivity index (χ0) is 21.3. The van der Waals surface area contributed by atoms with Gasteiger partial charge in [-0.05, 0) is 65.1 Å². The molecule has 4 rings (SSSR count). The Balaban J connectivity index is 1.44. The molecule has 0 heterocycles. The van der Waals surface area contributed by atoms with Crippen molar-refractivity contribution in [3.8, 4) is 16.9 Å². The van der Waals surface area contributed by atoms with Crippen LogP contribution >= 0.6 is 0 Å². The summed E-state index contributed by atoms with van der Waals surface area (Å²) in [7, 11) is -2.06. The summed E-state index contributed by atoms with van der Waals surface area (Å²) >= 11 is 0. The lowest BCUT2D eigenvalue weighted by Crippen LogP contribution is -2.27. The number of benzene rings is 3. The zero-order valence-corrected chi connectivity index (χ0v) is 17.7. The molecule has 0 fully saturated rings. The molecular weight excluding hydrogens is 398 g/mol. The Labute approximate surface area is 176 Å². The van der Waals surface area contributed by atoms with E-state index in [1.54, 1.807) is 19.1 Å². The van der Waals surface area contributed by atoms with Gasteiger partial charge < -0.3 is 10.1 Å². The van der Waals surface area contributed by atoms with E-state index >= 15 is 0 Å². The SMILES string of the molecule is COc1ccc(S(=O)(=O)CC(C)C(=O)Nc2ccc3c(c2)Cc2ccccc2-3)cc1. The number of amides is 1. The summed E-state index contributed by atoms with van der Waals surface area (Å²) in [5.74, 6) is -0.690. The van der Waals surface area contributed by atoms with Crippen LogP contribution in [-0.2, 0) is 21.1 Å². The summed E-state index contributed by atoms with van der Waals surface area (Å²) in [5.41, 5.74) is 5.52. The van der Waals surface area contributed by atoms with Crippen LogP contribution < -0.4 is 10.1 Å². The van der Waals surface area contributed by atoms with Crippen LogP contribution in [0.15, 0.2) is 71.6 Å². The minimum atomic E-state index is -3.58. The quantitative estimate of drug-likeness (QED) is 0.503. The first-order valence-electron chi connectivity index (χ1n) is 9.76. The van der Waals surface area contributed by atoms with Crippen molar-refractivity contribution in [2.75, 3.05) is 18.2 Å². The largest absolute Gasteiger partial charge is 0.497 e. The van der Waals surface area contributed by atoms with Crippen molar-refractivity contribution >= 4 is 21.4 Å². The molecule has 1 unspecified atom stereocenters.